The third kappa shape index (κ3) is 3.04. The molecule has 0 bridgehead atoms. The maximum Gasteiger partial charge on any atom is 0.254 e. The lowest BCUT2D eigenvalue weighted by Gasteiger charge is -2.30. The summed E-state index contributed by atoms with van der Waals surface area (Å²) < 4.78 is -1.88. The second-order valence-electron chi connectivity index (χ2n) is 3.32. The summed E-state index contributed by atoms with van der Waals surface area (Å²) >= 11 is 16.5. The predicted octanol–water partition coefficient (Wildman–Crippen LogP) is 2.93. The van der Waals surface area contributed by atoms with Gasteiger partial charge in [0, 0.05) is 13.1 Å². The van der Waals surface area contributed by atoms with Crippen molar-refractivity contribution >= 4 is 40.6 Å². The number of nitrogens with zero attached hydrogens (tertiary/aromatic N) is 1. The number of Topliss-reactive ketones (excluding diaryl/α,β-unsaturated/α-hetero) is 1. The zero-order valence-corrected chi connectivity index (χ0v) is 10.00. The van der Waals surface area contributed by atoms with E-state index in [2.05, 4.69) is 6.58 Å². The Hall–Kier alpha value is 0.0800. The number of allylic oxidation sites excluding steroid dienone is 1. The van der Waals surface area contributed by atoms with Gasteiger partial charge in [0.25, 0.3) is 3.79 Å². The molecule has 0 atom stereocenters. The number of hydrogen-bond acceptors (Lipinski definition) is 2. The molecule has 0 aromatic heterocycles. The summed E-state index contributed by atoms with van der Waals surface area (Å²) in [7, 11) is 0. The lowest BCUT2D eigenvalue weighted by Crippen LogP contribution is -2.36. The van der Waals surface area contributed by atoms with Crippen molar-refractivity contribution in [1.82, 2.24) is 4.90 Å². The summed E-state index contributed by atoms with van der Waals surface area (Å²) in [5, 5.41) is 0. The molecule has 1 rings (SSSR count). The number of likely N-dealkylation sites (tertiary alicyclic amines) is 1. The van der Waals surface area contributed by atoms with Crippen molar-refractivity contribution in [3.8, 4) is 0 Å². The Kier molecular flexibility index (Phi) is 4.11. The van der Waals surface area contributed by atoms with Gasteiger partial charge in [-0.05, 0) is 19.3 Å². The standard InChI is InChI=1S/C9H12Cl3NO/c1-7(8(14)9(10,11)12)13-5-3-2-4-6-13/h1-6H2. The molecule has 80 valence electrons. The van der Waals surface area contributed by atoms with Crippen molar-refractivity contribution in [1.29, 1.82) is 0 Å². The molecular formula is C9H12Cl3NO. The molecule has 0 amide bonds. The highest BCUT2D eigenvalue weighted by Gasteiger charge is 2.34. The number of ketones is 1. The molecule has 5 heteroatoms. The Bertz CT molecular complexity index is 241. The van der Waals surface area contributed by atoms with E-state index in [1.807, 2.05) is 4.90 Å². The van der Waals surface area contributed by atoms with Gasteiger partial charge < -0.3 is 4.90 Å². The van der Waals surface area contributed by atoms with Crippen LogP contribution in [0.25, 0.3) is 0 Å². The third-order valence-corrected chi connectivity index (χ3v) is 2.77. The fraction of sp³-hybridized carbons (Fsp3) is 0.667. The van der Waals surface area contributed by atoms with Crippen molar-refractivity contribution in [2.45, 2.75) is 23.1 Å². The summed E-state index contributed by atoms with van der Waals surface area (Å²) in [6.45, 7) is 5.32. The first-order valence-corrected chi connectivity index (χ1v) is 5.61. The second-order valence-corrected chi connectivity index (χ2v) is 5.60. The number of piperidine rings is 1. The molecule has 1 saturated heterocycles. The Morgan fingerprint density at radius 1 is 1.14 bits per heavy atom. The molecule has 1 heterocycles. The van der Waals surface area contributed by atoms with Crippen molar-refractivity contribution in [2.24, 2.45) is 0 Å². The molecule has 2 nitrogen and oxygen atoms in total. The van der Waals surface area contributed by atoms with Crippen LogP contribution >= 0.6 is 34.8 Å². The number of rotatable bonds is 2. The van der Waals surface area contributed by atoms with Crippen LogP contribution in [-0.2, 0) is 4.79 Å². The lowest BCUT2D eigenvalue weighted by atomic mass is 10.1. The van der Waals surface area contributed by atoms with E-state index < -0.39 is 9.58 Å². The fourth-order valence-electron chi connectivity index (χ4n) is 1.47. The minimum atomic E-state index is -1.88. The first kappa shape index (κ1) is 12.2. The monoisotopic (exact) mass is 255 g/mol. The van der Waals surface area contributed by atoms with Crippen LogP contribution in [0.1, 0.15) is 19.3 Å². The molecule has 1 aliphatic rings. The lowest BCUT2D eigenvalue weighted by molar-refractivity contribution is -0.116. The maximum atomic E-state index is 11.5. The average Bonchev–Trinajstić information content (AvgIpc) is 2.15. The first-order chi connectivity index (χ1) is 6.43. The Balaban J connectivity index is 2.60. The number of carbonyl (C=O) groups is 1. The molecule has 1 aliphatic heterocycles. The van der Waals surface area contributed by atoms with Gasteiger partial charge in [0.1, 0.15) is 0 Å². The number of alkyl halides is 3. The Morgan fingerprint density at radius 2 is 1.64 bits per heavy atom. The van der Waals surface area contributed by atoms with Gasteiger partial charge in [-0.15, -0.1) is 0 Å². The van der Waals surface area contributed by atoms with Crippen LogP contribution in [0.5, 0.6) is 0 Å². The summed E-state index contributed by atoms with van der Waals surface area (Å²) in [5.41, 5.74) is 0.310. The van der Waals surface area contributed by atoms with Gasteiger partial charge in [-0.2, -0.15) is 0 Å². The third-order valence-electron chi connectivity index (χ3n) is 2.26. The molecule has 0 saturated carbocycles. The van der Waals surface area contributed by atoms with E-state index in [-0.39, 0.29) is 0 Å². The summed E-state index contributed by atoms with van der Waals surface area (Å²) in [5.74, 6) is -0.524. The quantitative estimate of drug-likeness (QED) is 0.559. The molecule has 0 radical (unpaired) electrons. The van der Waals surface area contributed by atoms with Crippen LogP contribution in [0.3, 0.4) is 0 Å². The zero-order valence-electron chi connectivity index (χ0n) is 7.73. The molecule has 0 unspecified atom stereocenters. The summed E-state index contributed by atoms with van der Waals surface area (Å²) in [6.07, 6.45) is 3.31. The molecular weight excluding hydrogens is 244 g/mol. The first-order valence-electron chi connectivity index (χ1n) is 4.48. The highest BCUT2D eigenvalue weighted by Crippen LogP contribution is 2.31. The maximum absolute atomic E-state index is 11.5. The van der Waals surface area contributed by atoms with E-state index in [1.165, 1.54) is 6.42 Å². The van der Waals surface area contributed by atoms with Crippen molar-refractivity contribution in [3.05, 3.63) is 12.3 Å². The zero-order chi connectivity index (χ0) is 10.8. The van der Waals surface area contributed by atoms with Crippen LogP contribution < -0.4 is 0 Å². The van der Waals surface area contributed by atoms with Gasteiger partial charge in [-0.25, -0.2) is 0 Å². The Labute approximate surface area is 98.8 Å². The van der Waals surface area contributed by atoms with E-state index in [0.29, 0.717) is 5.70 Å². The van der Waals surface area contributed by atoms with Gasteiger partial charge in [0.2, 0.25) is 5.78 Å². The number of halogens is 3. The predicted molar refractivity (Wildman–Crippen MR) is 59.9 cm³/mol. The van der Waals surface area contributed by atoms with Crippen LogP contribution in [0.15, 0.2) is 12.3 Å². The summed E-state index contributed by atoms with van der Waals surface area (Å²) in [4.78, 5) is 13.4. The minimum absolute atomic E-state index is 0.310. The van der Waals surface area contributed by atoms with Crippen LogP contribution in [0.4, 0.5) is 0 Å². The van der Waals surface area contributed by atoms with Gasteiger partial charge in [0.05, 0.1) is 5.70 Å². The number of hydrogen-bond donors (Lipinski definition) is 0. The number of carbonyl (C=O) groups excluding carboxylic acids is 1. The van der Waals surface area contributed by atoms with Crippen LogP contribution in [-0.4, -0.2) is 27.6 Å². The van der Waals surface area contributed by atoms with Gasteiger partial charge in [0.15, 0.2) is 0 Å². The average molecular weight is 257 g/mol. The molecule has 1 fully saturated rings. The molecule has 14 heavy (non-hydrogen) atoms. The van der Waals surface area contributed by atoms with Crippen molar-refractivity contribution < 1.29 is 4.79 Å². The van der Waals surface area contributed by atoms with E-state index in [4.69, 9.17) is 34.8 Å². The molecule has 0 aromatic carbocycles. The minimum Gasteiger partial charge on any atom is -0.369 e. The van der Waals surface area contributed by atoms with E-state index in [0.717, 1.165) is 25.9 Å². The summed E-state index contributed by atoms with van der Waals surface area (Å²) in [6, 6.07) is 0. The Morgan fingerprint density at radius 3 is 2.07 bits per heavy atom. The molecule has 0 aliphatic carbocycles. The highest BCUT2D eigenvalue weighted by molar-refractivity contribution is 6.77. The van der Waals surface area contributed by atoms with Crippen molar-refractivity contribution in [2.75, 3.05) is 13.1 Å². The van der Waals surface area contributed by atoms with Crippen molar-refractivity contribution in [3.63, 3.8) is 0 Å². The topological polar surface area (TPSA) is 20.3 Å². The van der Waals surface area contributed by atoms with E-state index in [9.17, 15) is 4.79 Å². The molecule has 0 N–H and O–H groups in total. The van der Waals surface area contributed by atoms with E-state index in [1.54, 1.807) is 0 Å². The highest BCUT2D eigenvalue weighted by atomic mass is 35.6. The van der Waals surface area contributed by atoms with Gasteiger partial charge in [-0.3, -0.25) is 4.79 Å². The van der Waals surface area contributed by atoms with Crippen LogP contribution in [0, 0.1) is 0 Å². The van der Waals surface area contributed by atoms with Gasteiger partial charge in [-0.1, -0.05) is 41.4 Å². The van der Waals surface area contributed by atoms with Crippen LogP contribution in [0.2, 0.25) is 0 Å². The van der Waals surface area contributed by atoms with E-state index >= 15 is 0 Å². The normalized spacial score (nSPS) is 18.1. The largest absolute Gasteiger partial charge is 0.369 e. The fourth-order valence-corrected chi connectivity index (χ4v) is 1.80. The SMILES string of the molecule is C=C(C(=O)C(Cl)(Cl)Cl)N1CCCCC1. The molecule has 0 aromatic rings. The smallest absolute Gasteiger partial charge is 0.254 e. The van der Waals surface area contributed by atoms with Gasteiger partial charge >= 0.3 is 0 Å². The second kappa shape index (κ2) is 4.73. The molecule has 0 spiro atoms.